The maximum Gasteiger partial charge on any atom is 1.00 e. The monoisotopic (exact) mass is 581 g/mol. The van der Waals surface area contributed by atoms with Crippen LogP contribution in [0.1, 0.15) is 15.9 Å². The van der Waals surface area contributed by atoms with Gasteiger partial charge in [-0.2, -0.15) is 13.5 Å². The molecule has 0 heterocycles. The molecule has 0 aliphatic rings. The summed E-state index contributed by atoms with van der Waals surface area (Å²) >= 11 is 12.0. The Labute approximate surface area is 250 Å². The molecule has 4 rings (SSSR count). The Morgan fingerprint density at radius 1 is 1.00 bits per heavy atom. The van der Waals surface area contributed by atoms with Gasteiger partial charge < -0.3 is 15.2 Å². The standard InChI is InChI=1S/C25H19Cl2N3O6S.Na/c1-13-7-15(26)11-21(37(33,34)35)22(13)29-30-23-19-6-4-3-5-14(19)8-20(24(23)31)25(32)28-17-9-16(27)10-18(12-17)36-2;/h3-12,31H,1-2H3,(H,28,32)(H,33,34,35);/q;+1/p-1. The van der Waals surface area contributed by atoms with E-state index in [1.54, 1.807) is 30.3 Å². The molecule has 0 fully saturated rings. The summed E-state index contributed by atoms with van der Waals surface area (Å²) < 4.78 is 38.6. The number of fused-ring (bicyclic) bond motifs is 1. The van der Waals surface area contributed by atoms with Gasteiger partial charge in [0.15, 0.2) is 0 Å². The van der Waals surface area contributed by atoms with Crippen LogP contribution in [0.25, 0.3) is 10.8 Å². The summed E-state index contributed by atoms with van der Waals surface area (Å²) in [6, 6.07) is 15.2. The second-order valence-corrected chi connectivity index (χ2v) is 10.2. The maximum absolute atomic E-state index is 13.4. The fourth-order valence-electron chi connectivity index (χ4n) is 3.66. The number of halogens is 2. The number of benzene rings is 4. The van der Waals surface area contributed by atoms with E-state index >= 15 is 0 Å². The summed E-state index contributed by atoms with van der Waals surface area (Å²) in [4.78, 5) is 12.5. The average Bonchev–Trinajstić information content (AvgIpc) is 2.82. The number of methoxy groups -OCH3 is 1. The fourth-order valence-corrected chi connectivity index (χ4v) is 4.94. The maximum atomic E-state index is 13.4. The van der Waals surface area contributed by atoms with Crippen molar-refractivity contribution in [2.24, 2.45) is 10.2 Å². The van der Waals surface area contributed by atoms with Crippen molar-refractivity contribution in [2.75, 3.05) is 12.4 Å². The molecule has 0 atom stereocenters. The number of nitrogens with one attached hydrogen (secondary N) is 1. The Morgan fingerprint density at radius 3 is 2.34 bits per heavy atom. The van der Waals surface area contributed by atoms with Gasteiger partial charge in [-0.05, 0) is 48.2 Å². The first-order valence-electron chi connectivity index (χ1n) is 10.6. The van der Waals surface area contributed by atoms with Gasteiger partial charge in [-0.1, -0.05) is 53.2 Å². The molecular weight excluding hydrogens is 564 g/mol. The third kappa shape index (κ3) is 6.47. The molecule has 9 nitrogen and oxygen atoms in total. The van der Waals surface area contributed by atoms with E-state index in [1.165, 1.54) is 38.3 Å². The molecule has 13 heteroatoms. The molecule has 4 aromatic carbocycles. The minimum Gasteiger partial charge on any atom is -0.870 e. The van der Waals surface area contributed by atoms with Gasteiger partial charge in [0.05, 0.1) is 12.8 Å². The molecule has 38 heavy (non-hydrogen) atoms. The molecule has 2 N–H and O–H groups in total. The molecule has 0 aromatic heterocycles. The SMILES string of the molecule is COc1cc(Cl)cc(NC(=O)c2cc3ccccc3c(N=Nc3c(C)cc(Cl)cc3S(=O)(=O)O)c2[O-])c1.[Na+]. The van der Waals surface area contributed by atoms with Crippen molar-refractivity contribution in [3.05, 3.63) is 81.8 Å². The first-order valence-corrected chi connectivity index (χ1v) is 12.8. The van der Waals surface area contributed by atoms with Gasteiger partial charge in [-0.15, -0.1) is 5.11 Å². The number of carbonyl (C=O) groups excluding carboxylic acids is 1. The van der Waals surface area contributed by atoms with Gasteiger partial charge in [0.25, 0.3) is 16.0 Å². The summed E-state index contributed by atoms with van der Waals surface area (Å²) in [5.41, 5.74) is -0.0163. The summed E-state index contributed by atoms with van der Waals surface area (Å²) in [7, 11) is -3.25. The number of aryl methyl sites for hydroxylation is 1. The molecule has 0 spiro atoms. The Bertz CT molecular complexity index is 1700. The third-order valence-corrected chi connectivity index (χ3v) is 6.65. The van der Waals surface area contributed by atoms with Gasteiger partial charge in [-0.3, -0.25) is 9.35 Å². The molecule has 0 unspecified atom stereocenters. The van der Waals surface area contributed by atoms with Crippen LogP contribution in [0.2, 0.25) is 10.0 Å². The van der Waals surface area contributed by atoms with Crippen molar-refractivity contribution in [3.8, 4) is 11.5 Å². The van der Waals surface area contributed by atoms with E-state index in [2.05, 4.69) is 15.5 Å². The van der Waals surface area contributed by atoms with Gasteiger partial charge in [-0.25, -0.2) is 0 Å². The quantitative estimate of drug-likeness (QED) is 0.203. The van der Waals surface area contributed by atoms with Gasteiger partial charge in [0.2, 0.25) is 0 Å². The van der Waals surface area contributed by atoms with E-state index in [9.17, 15) is 22.9 Å². The van der Waals surface area contributed by atoms with Crippen LogP contribution in [0, 0.1) is 6.92 Å². The molecule has 4 aromatic rings. The number of hydrogen-bond donors (Lipinski definition) is 2. The van der Waals surface area contributed by atoms with Crippen LogP contribution < -0.4 is 44.7 Å². The Kier molecular flexibility index (Phi) is 9.43. The molecule has 190 valence electrons. The van der Waals surface area contributed by atoms with Crippen LogP contribution in [0.15, 0.2) is 75.8 Å². The number of carbonyl (C=O) groups is 1. The molecule has 0 bridgehead atoms. The van der Waals surface area contributed by atoms with Crippen molar-refractivity contribution in [1.82, 2.24) is 0 Å². The zero-order valence-corrected chi connectivity index (χ0v) is 24.6. The molecule has 0 aliphatic carbocycles. The van der Waals surface area contributed by atoms with Gasteiger partial charge >= 0.3 is 29.6 Å². The van der Waals surface area contributed by atoms with Crippen molar-refractivity contribution < 1.29 is 57.2 Å². The third-order valence-electron chi connectivity index (χ3n) is 5.34. The van der Waals surface area contributed by atoms with Crippen LogP contribution in [0.3, 0.4) is 0 Å². The molecule has 0 aliphatic heterocycles. The summed E-state index contributed by atoms with van der Waals surface area (Å²) in [6.07, 6.45) is 0. The Morgan fingerprint density at radius 2 is 1.66 bits per heavy atom. The normalized spacial score (nSPS) is 11.4. The van der Waals surface area contributed by atoms with Crippen LogP contribution >= 0.6 is 23.2 Å². The number of rotatable bonds is 6. The molecule has 1 amide bonds. The Balaban J connectivity index is 0.00000400. The molecule has 0 saturated heterocycles. The van der Waals surface area contributed by atoms with E-state index in [-0.39, 0.29) is 51.5 Å². The second kappa shape index (κ2) is 12.0. The summed E-state index contributed by atoms with van der Waals surface area (Å²) in [6.45, 7) is 1.52. The molecule has 0 radical (unpaired) electrons. The zero-order valence-electron chi connectivity index (χ0n) is 20.3. The smallest absolute Gasteiger partial charge is 0.870 e. The van der Waals surface area contributed by atoms with Crippen LogP contribution in [0.4, 0.5) is 17.1 Å². The number of ether oxygens (including phenoxy) is 1. The van der Waals surface area contributed by atoms with E-state index in [4.69, 9.17) is 27.9 Å². The predicted octanol–water partition coefficient (Wildman–Crippen LogP) is 3.46. The largest absolute Gasteiger partial charge is 1.00 e. The predicted molar refractivity (Wildman–Crippen MR) is 140 cm³/mol. The number of azo groups is 1. The van der Waals surface area contributed by atoms with Crippen molar-refractivity contribution in [1.29, 1.82) is 0 Å². The first kappa shape index (κ1) is 29.9. The number of nitrogens with zero attached hydrogens (tertiary/aromatic N) is 2. The summed E-state index contributed by atoms with van der Waals surface area (Å²) in [5.74, 6) is -1.06. The molecule has 0 saturated carbocycles. The molecular formula is C25H18Cl2N3NaO6S. The first-order chi connectivity index (χ1) is 17.5. The Hall–Kier alpha value is -2.70. The minimum atomic E-state index is -4.70. The minimum absolute atomic E-state index is 0. The van der Waals surface area contributed by atoms with Gasteiger partial charge in [0, 0.05) is 32.7 Å². The fraction of sp³-hybridized carbons (Fsp3) is 0.0800. The van der Waals surface area contributed by atoms with E-state index in [0.29, 0.717) is 32.8 Å². The second-order valence-electron chi connectivity index (χ2n) is 7.90. The van der Waals surface area contributed by atoms with Crippen LogP contribution in [-0.4, -0.2) is 26.0 Å². The average molecular weight is 582 g/mol. The van der Waals surface area contributed by atoms with Crippen LogP contribution in [-0.2, 0) is 10.1 Å². The zero-order chi connectivity index (χ0) is 26.9. The van der Waals surface area contributed by atoms with Crippen molar-refractivity contribution in [2.45, 2.75) is 11.8 Å². The van der Waals surface area contributed by atoms with Crippen molar-refractivity contribution in [3.63, 3.8) is 0 Å². The van der Waals surface area contributed by atoms with Crippen LogP contribution in [0.5, 0.6) is 11.5 Å². The number of anilines is 1. The van der Waals surface area contributed by atoms with E-state index < -0.39 is 26.7 Å². The number of amides is 1. The number of hydrogen-bond acceptors (Lipinski definition) is 7. The summed E-state index contributed by atoms with van der Waals surface area (Å²) in [5, 5.41) is 25.3. The van der Waals surface area contributed by atoms with E-state index in [1.807, 2.05) is 0 Å². The van der Waals surface area contributed by atoms with Gasteiger partial charge in [0.1, 0.15) is 16.3 Å². The van der Waals surface area contributed by atoms with Crippen molar-refractivity contribution >= 4 is 67.1 Å². The van der Waals surface area contributed by atoms with E-state index in [0.717, 1.165) is 6.07 Å². The topological polar surface area (TPSA) is 140 Å².